The number of non-ortho nitro benzene ring substituents is 1. The summed E-state index contributed by atoms with van der Waals surface area (Å²) in [6, 6.07) is 32.3. The van der Waals surface area contributed by atoms with E-state index in [0.29, 0.717) is 34.9 Å². The number of rotatable bonds is 10. The van der Waals surface area contributed by atoms with Gasteiger partial charge in [-0.15, -0.1) is 0 Å². The van der Waals surface area contributed by atoms with Gasteiger partial charge in [-0.2, -0.15) is 5.10 Å². The van der Waals surface area contributed by atoms with Gasteiger partial charge in [-0.25, -0.2) is 4.68 Å². The van der Waals surface area contributed by atoms with Gasteiger partial charge in [0.15, 0.2) is 0 Å². The van der Waals surface area contributed by atoms with Gasteiger partial charge in [0.2, 0.25) is 0 Å². The first-order valence-corrected chi connectivity index (χ1v) is 12.9. The zero-order valence-corrected chi connectivity index (χ0v) is 22.6. The minimum Gasteiger partial charge on any atom is -0.497 e. The van der Waals surface area contributed by atoms with E-state index in [0.717, 1.165) is 11.1 Å². The molecule has 1 atom stereocenters. The lowest BCUT2D eigenvalue weighted by atomic mass is 9.98. The van der Waals surface area contributed by atoms with E-state index in [1.54, 1.807) is 44.6 Å². The number of nitrogens with zero attached hydrogens (tertiary/aromatic N) is 3. The first-order valence-electron chi connectivity index (χ1n) is 12.9. The lowest BCUT2D eigenvalue weighted by molar-refractivity contribution is -0.384. The van der Waals surface area contributed by atoms with Crippen LogP contribution in [0.15, 0.2) is 109 Å². The number of aromatic nitrogens is 2. The van der Waals surface area contributed by atoms with Crippen molar-refractivity contribution in [1.82, 2.24) is 15.1 Å². The van der Waals surface area contributed by atoms with Gasteiger partial charge in [0.25, 0.3) is 11.6 Å². The van der Waals surface area contributed by atoms with Gasteiger partial charge in [0.05, 0.1) is 36.6 Å². The smallest absolute Gasteiger partial charge is 0.270 e. The number of benzene rings is 4. The number of nitro benzene ring substituents is 1. The molecule has 5 aromatic rings. The van der Waals surface area contributed by atoms with E-state index in [1.165, 1.54) is 16.8 Å². The second-order valence-corrected chi connectivity index (χ2v) is 9.29. The highest BCUT2D eigenvalue weighted by Crippen LogP contribution is 2.34. The Hall–Kier alpha value is -5.44. The van der Waals surface area contributed by atoms with E-state index >= 15 is 0 Å². The summed E-state index contributed by atoms with van der Waals surface area (Å²) in [5, 5.41) is 19.2. The Morgan fingerprint density at radius 2 is 1.59 bits per heavy atom. The molecule has 1 heterocycles. The number of hydrogen-bond donors (Lipinski definition) is 1. The molecular formula is C32H28N4O5. The molecule has 206 valence electrons. The Balaban J connectivity index is 1.57. The molecule has 0 saturated heterocycles. The highest BCUT2D eigenvalue weighted by atomic mass is 16.6. The zero-order chi connectivity index (χ0) is 28.8. The molecule has 4 aromatic carbocycles. The molecule has 0 aliphatic heterocycles. The molecule has 0 radical (unpaired) electrons. The quantitative estimate of drug-likeness (QED) is 0.165. The molecule has 0 saturated carbocycles. The van der Waals surface area contributed by atoms with Crippen molar-refractivity contribution in [3.8, 4) is 28.4 Å². The molecule has 1 N–H and O–H groups in total. The Morgan fingerprint density at radius 3 is 2.22 bits per heavy atom. The minimum absolute atomic E-state index is 0.0593. The van der Waals surface area contributed by atoms with E-state index in [9.17, 15) is 14.9 Å². The molecule has 9 nitrogen and oxygen atoms in total. The summed E-state index contributed by atoms with van der Waals surface area (Å²) in [5.74, 6) is 0.792. The van der Waals surface area contributed by atoms with Crippen molar-refractivity contribution in [2.45, 2.75) is 12.5 Å². The van der Waals surface area contributed by atoms with Crippen LogP contribution < -0.4 is 14.8 Å². The van der Waals surface area contributed by atoms with Crippen molar-refractivity contribution in [3.05, 3.63) is 136 Å². The van der Waals surface area contributed by atoms with E-state index in [4.69, 9.17) is 14.6 Å². The molecule has 1 amide bonds. The van der Waals surface area contributed by atoms with Crippen molar-refractivity contribution < 1.29 is 19.2 Å². The normalized spacial score (nSPS) is 11.5. The first kappa shape index (κ1) is 27.1. The Labute approximate surface area is 237 Å². The van der Waals surface area contributed by atoms with Gasteiger partial charge in [-0.1, -0.05) is 60.7 Å². The summed E-state index contributed by atoms with van der Waals surface area (Å²) in [4.78, 5) is 24.7. The number of methoxy groups -OCH3 is 2. The van der Waals surface area contributed by atoms with Crippen LogP contribution in [-0.4, -0.2) is 34.8 Å². The van der Waals surface area contributed by atoms with Crippen molar-refractivity contribution in [2.75, 3.05) is 14.2 Å². The first-order chi connectivity index (χ1) is 20.0. The second-order valence-electron chi connectivity index (χ2n) is 9.29. The maximum absolute atomic E-state index is 14.0. The lowest BCUT2D eigenvalue weighted by Crippen LogP contribution is -2.31. The molecular weight excluding hydrogens is 520 g/mol. The number of carbonyl (C=O) groups excluding carboxylic acids is 1. The molecule has 0 bridgehead atoms. The molecule has 9 heteroatoms. The summed E-state index contributed by atoms with van der Waals surface area (Å²) in [6.07, 6.45) is 0.585. The van der Waals surface area contributed by atoms with Gasteiger partial charge < -0.3 is 14.8 Å². The van der Waals surface area contributed by atoms with Crippen LogP contribution in [-0.2, 0) is 6.42 Å². The maximum atomic E-state index is 14.0. The topological polar surface area (TPSA) is 109 Å². The Kier molecular flexibility index (Phi) is 8.05. The maximum Gasteiger partial charge on any atom is 0.270 e. The number of carbonyl (C=O) groups is 1. The van der Waals surface area contributed by atoms with Gasteiger partial charge in [-0.05, 0) is 47.9 Å². The summed E-state index contributed by atoms with van der Waals surface area (Å²) < 4.78 is 12.4. The number of ether oxygens (including phenoxy) is 2. The molecule has 0 spiro atoms. The zero-order valence-electron chi connectivity index (χ0n) is 22.6. The van der Waals surface area contributed by atoms with Crippen LogP contribution in [0.25, 0.3) is 16.9 Å². The molecule has 0 aliphatic rings. The summed E-state index contributed by atoms with van der Waals surface area (Å²) in [7, 11) is 3.12. The number of amides is 1. The largest absolute Gasteiger partial charge is 0.497 e. The van der Waals surface area contributed by atoms with Gasteiger partial charge >= 0.3 is 0 Å². The predicted octanol–water partition coefficient (Wildman–Crippen LogP) is 6.18. The molecule has 41 heavy (non-hydrogen) atoms. The summed E-state index contributed by atoms with van der Waals surface area (Å²) in [5.41, 5.74) is 3.90. The fourth-order valence-corrected chi connectivity index (χ4v) is 4.62. The van der Waals surface area contributed by atoms with Crippen LogP contribution in [0, 0.1) is 10.1 Å². The van der Waals surface area contributed by atoms with Crippen LogP contribution in [0.1, 0.15) is 27.7 Å². The van der Waals surface area contributed by atoms with Crippen molar-refractivity contribution in [1.29, 1.82) is 0 Å². The van der Waals surface area contributed by atoms with Crippen molar-refractivity contribution in [3.63, 3.8) is 0 Å². The molecule has 0 aliphatic carbocycles. The monoisotopic (exact) mass is 548 g/mol. The van der Waals surface area contributed by atoms with Crippen LogP contribution in [0.2, 0.25) is 0 Å². The highest BCUT2D eigenvalue weighted by Gasteiger charge is 2.23. The third kappa shape index (κ3) is 6.09. The standard InChI is InChI=1S/C32H28N4O5/c1-40-26-17-18-27(31(20-26)41-2)29-21-30(35(34-29)24-13-15-25(16-14-24)36(38)39)32(37)33-28(23-11-7-4-8-12-23)19-22-9-5-3-6-10-22/h3-18,20-21,28H,19H2,1-2H3,(H,33,37). The van der Waals surface area contributed by atoms with E-state index in [2.05, 4.69) is 5.32 Å². The van der Waals surface area contributed by atoms with E-state index < -0.39 is 4.92 Å². The third-order valence-electron chi connectivity index (χ3n) is 6.72. The fraction of sp³-hybridized carbons (Fsp3) is 0.125. The number of hydrogen-bond acceptors (Lipinski definition) is 6. The van der Waals surface area contributed by atoms with Crippen LogP contribution >= 0.6 is 0 Å². The molecule has 1 aromatic heterocycles. The van der Waals surface area contributed by atoms with E-state index in [-0.39, 0.29) is 23.3 Å². The average molecular weight is 549 g/mol. The Bertz CT molecular complexity index is 1650. The molecule has 0 fully saturated rings. The van der Waals surface area contributed by atoms with Crippen LogP contribution in [0.5, 0.6) is 11.5 Å². The SMILES string of the molecule is COc1ccc(-c2cc(C(=O)NC(Cc3ccccc3)c3ccccc3)n(-c3ccc([N+](=O)[O-])cc3)n2)c(OC)c1. The minimum atomic E-state index is -0.470. The lowest BCUT2D eigenvalue weighted by Gasteiger charge is -2.20. The van der Waals surface area contributed by atoms with Crippen molar-refractivity contribution in [2.24, 2.45) is 0 Å². The molecule has 1 unspecified atom stereocenters. The molecule has 5 rings (SSSR count). The third-order valence-corrected chi connectivity index (χ3v) is 6.72. The fourth-order valence-electron chi connectivity index (χ4n) is 4.62. The Morgan fingerprint density at radius 1 is 0.902 bits per heavy atom. The summed E-state index contributed by atoms with van der Waals surface area (Å²) >= 11 is 0. The highest BCUT2D eigenvalue weighted by molar-refractivity contribution is 5.95. The van der Waals surface area contributed by atoms with Gasteiger partial charge in [0, 0.05) is 23.8 Å². The van der Waals surface area contributed by atoms with Crippen molar-refractivity contribution >= 4 is 11.6 Å². The van der Waals surface area contributed by atoms with Crippen LogP contribution in [0.3, 0.4) is 0 Å². The second kappa shape index (κ2) is 12.2. The van der Waals surface area contributed by atoms with Gasteiger partial charge in [-0.3, -0.25) is 14.9 Å². The summed E-state index contributed by atoms with van der Waals surface area (Å²) in [6.45, 7) is 0. The number of nitrogens with one attached hydrogen (secondary N) is 1. The van der Waals surface area contributed by atoms with Gasteiger partial charge in [0.1, 0.15) is 17.2 Å². The average Bonchev–Trinajstić information content (AvgIpc) is 3.47. The number of nitro groups is 1. The predicted molar refractivity (Wildman–Crippen MR) is 156 cm³/mol. The van der Waals surface area contributed by atoms with E-state index in [1.807, 2.05) is 66.7 Å². The van der Waals surface area contributed by atoms with Crippen LogP contribution in [0.4, 0.5) is 5.69 Å².